The maximum atomic E-state index is 12.6. The van der Waals surface area contributed by atoms with Crippen LogP contribution in [0.1, 0.15) is 50.4 Å². The highest BCUT2D eigenvalue weighted by atomic mass is 16.5. The lowest BCUT2D eigenvalue weighted by Crippen LogP contribution is -2.42. The zero-order valence-corrected chi connectivity index (χ0v) is 21.2. The van der Waals surface area contributed by atoms with E-state index in [9.17, 15) is 9.90 Å². The highest BCUT2D eigenvalue weighted by Crippen LogP contribution is 2.41. The minimum Gasteiger partial charge on any atom is -0.479 e. The molecule has 3 aromatic rings. The summed E-state index contributed by atoms with van der Waals surface area (Å²) in [7, 11) is 0. The van der Waals surface area contributed by atoms with Crippen molar-refractivity contribution in [3.05, 3.63) is 101 Å². The van der Waals surface area contributed by atoms with Crippen LogP contribution in [0.25, 0.3) is 16.5 Å². The number of carbonyl (C=O) groups is 1. The lowest BCUT2D eigenvalue weighted by atomic mass is 9.91. The van der Waals surface area contributed by atoms with Gasteiger partial charge in [0.25, 0.3) is 0 Å². The molecular weight excluding hydrogens is 450 g/mol. The van der Waals surface area contributed by atoms with Crippen LogP contribution in [0.4, 0.5) is 0 Å². The molecule has 2 unspecified atom stereocenters. The van der Waals surface area contributed by atoms with Crippen molar-refractivity contribution < 1.29 is 14.6 Å². The summed E-state index contributed by atoms with van der Waals surface area (Å²) in [6.45, 7) is 9.55. The Morgan fingerprint density at radius 2 is 1.67 bits per heavy atom. The smallest absolute Gasteiger partial charge is 0.337 e. The lowest BCUT2D eigenvalue weighted by molar-refractivity contribution is -0.155. The van der Waals surface area contributed by atoms with Crippen molar-refractivity contribution in [3.63, 3.8) is 0 Å². The van der Waals surface area contributed by atoms with Gasteiger partial charge in [0.2, 0.25) is 0 Å². The molecule has 0 aliphatic carbocycles. The quantitative estimate of drug-likeness (QED) is 0.467. The van der Waals surface area contributed by atoms with Crippen molar-refractivity contribution in [1.29, 1.82) is 0 Å². The van der Waals surface area contributed by atoms with Crippen molar-refractivity contribution >= 4 is 28.2 Å². The van der Waals surface area contributed by atoms with Crippen molar-refractivity contribution in [2.45, 2.75) is 52.4 Å². The second-order valence-electron chi connectivity index (χ2n) is 10.3. The van der Waals surface area contributed by atoms with Crippen LogP contribution in [0.3, 0.4) is 0 Å². The Morgan fingerprint density at radius 3 is 2.33 bits per heavy atom. The summed E-state index contributed by atoms with van der Waals surface area (Å²) < 4.78 is 6.14. The standard InChI is InChI=1S/C30H31N3O3/c1-18-15-16-23(22-14-10-9-13-21(18)22)27-26(28(29(34)35)36-30(3,4)5)19(2)31-25-17-24(32-33(25)27)20-11-7-6-8-12-20/h6-17,24,28,32H,1-5H3,(H,34,35). The average molecular weight is 482 g/mol. The summed E-state index contributed by atoms with van der Waals surface area (Å²) in [4.78, 5) is 17.5. The van der Waals surface area contributed by atoms with Crippen LogP contribution in [-0.4, -0.2) is 33.5 Å². The largest absolute Gasteiger partial charge is 0.479 e. The van der Waals surface area contributed by atoms with E-state index in [0.717, 1.165) is 39.0 Å². The number of fused-ring (bicyclic) bond motifs is 2. The zero-order chi connectivity index (χ0) is 25.6. The Kier molecular flexibility index (Phi) is 6.02. The van der Waals surface area contributed by atoms with Crippen LogP contribution < -0.4 is 5.43 Å². The maximum Gasteiger partial charge on any atom is 0.337 e. The van der Waals surface area contributed by atoms with Crippen LogP contribution in [0.15, 0.2) is 89.2 Å². The van der Waals surface area contributed by atoms with E-state index in [1.54, 1.807) is 0 Å². The first-order chi connectivity index (χ1) is 17.1. The van der Waals surface area contributed by atoms with Crippen LogP contribution in [0.2, 0.25) is 0 Å². The fourth-order valence-electron chi connectivity index (χ4n) is 4.91. The fraction of sp³-hybridized carbons (Fsp3) is 0.267. The number of hydrogen-bond acceptors (Lipinski definition) is 5. The molecule has 2 heterocycles. The van der Waals surface area contributed by atoms with Gasteiger partial charge in [-0.15, -0.1) is 0 Å². The summed E-state index contributed by atoms with van der Waals surface area (Å²) in [5.41, 5.74) is 8.01. The van der Waals surface area contributed by atoms with Crippen molar-refractivity contribution in [1.82, 2.24) is 10.4 Å². The Morgan fingerprint density at radius 1 is 1.00 bits per heavy atom. The van der Waals surface area contributed by atoms with Crippen molar-refractivity contribution in [2.75, 3.05) is 0 Å². The van der Waals surface area contributed by atoms with Crippen LogP contribution in [0.5, 0.6) is 0 Å². The van der Waals surface area contributed by atoms with Gasteiger partial charge in [0.15, 0.2) is 6.10 Å². The van der Waals surface area contributed by atoms with Crippen molar-refractivity contribution in [2.24, 2.45) is 4.99 Å². The third-order valence-corrected chi connectivity index (χ3v) is 6.48. The maximum absolute atomic E-state index is 12.6. The van der Waals surface area contributed by atoms with Gasteiger partial charge < -0.3 is 9.84 Å². The molecule has 2 atom stereocenters. The Labute approximate surface area is 211 Å². The summed E-state index contributed by atoms with van der Waals surface area (Å²) in [6.07, 6.45) is 0.884. The van der Waals surface area contributed by atoms with Gasteiger partial charge in [0.1, 0.15) is 5.82 Å². The molecule has 5 rings (SSSR count). The average Bonchev–Trinajstić information content (AvgIpc) is 3.26. The molecule has 0 spiro atoms. The van der Waals surface area contributed by atoms with Gasteiger partial charge in [-0.25, -0.2) is 15.2 Å². The number of carboxylic acids is 1. The first kappa shape index (κ1) is 24.0. The first-order valence-corrected chi connectivity index (χ1v) is 12.2. The highest BCUT2D eigenvalue weighted by molar-refractivity contribution is 6.13. The predicted molar refractivity (Wildman–Crippen MR) is 143 cm³/mol. The molecule has 0 bridgehead atoms. The second-order valence-corrected chi connectivity index (χ2v) is 10.3. The van der Waals surface area contributed by atoms with Gasteiger partial charge in [0, 0.05) is 16.8 Å². The number of benzene rings is 3. The summed E-state index contributed by atoms with van der Waals surface area (Å²) in [5.74, 6) is -0.306. The number of aryl methyl sites for hydroxylation is 1. The SMILES string of the molecule is CC1=NC2=CC(c3ccccc3)NN2C(c2ccc(C)c3ccccc23)=C1C(OC(C)(C)C)C(=O)O. The monoisotopic (exact) mass is 481 g/mol. The number of nitrogens with zero attached hydrogens (tertiary/aromatic N) is 2. The van der Waals surface area contributed by atoms with E-state index in [-0.39, 0.29) is 6.04 Å². The molecule has 3 aromatic carbocycles. The third kappa shape index (κ3) is 4.34. The number of hydrazine groups is 1. The fourth-order valence-corrected chi connectivity index (χ4v) is 4.91. The molecule has 0 aromatic heterocycles. The number of nitrogens with one attached hydrogen (secondary N) is 1. The predicted octanol–water partition coefficient (Wildman–Crippen LogP) is 6.01. The van der Waals surface area contributed by atoms with Crippen LogP contribution in [-0.2, 0) is 9.53 Å². The van der Waals surface area contributed by atoms with E-state index < -0.39 is 17.7 Å². The van der Waals surface area contributed by atoms with Crippen LogP contribution >= 0.6 is 0 Å². The Hall–Kier alpha value is -3.74. The molecule has 184 valence electrons. The van der Waals surface area contributed by atoms with E-state index in [4.69, 9.17) is 9.73 Å². The number of hydrogen-bond donors (Lipinski definition) is 2. The summed E-state index contributed by atoms with van der Waals surface area (Å²) >= 11 is 0. The molecule has 0 fully saturated rings. The molecule has 2 aliphatic heterocycles. The van der Waals surface area contributed by atoms with E-state index in [0.29, 0.717) is 11.3 Å². The van der Waals surface area contributed by atoms with Gasteiger partial charge in [-0.1, -0.05) is 66.7 Å². The van der Waals surface area contributed by atoms with Gasteiger partial charge in [-0.2, -0.15) is 0 Å². The number of carboxylic acid groups (broad SMARTS) is 1. The molecule has 6 heteroatoms. The molecule has 0 saturated carbocycles. The molecular formula is C30H31N3O3. The van der Waals surface area contributed by atoms with Gasteiger partial charge in [0.05, 0.1) is 17.3 Å². The van der Waals surface area contributed by atoms with Crippen LogP contribution in [0, 0.1) is 6.92 Å². The normalized spacial score (nSPS) is 18.7. The second kappa shape index (κ2) is 9.04. The molecule has 0 amide bonds. The minimum absolute atomic E-state index is 0.101. The zero-order valence-electron chi connectivity index (χ0n) is 21.2. The lowest BCUT2D eigenvalue weighted by Gasteiger charge is -2.35. The minimum atomic E-state index is -1.19. The molecule has 6 nitrogen and oxygen atoms in total. The van der Waals surface area contributed by atoms with Crippen molar-refractivity contribution in [3.8, 4) is 0 Å². The van der Waals surface area contributed by atoms with E-state index in [1.165, 1.54) is 0 Å². The molecule has 36 heavy (non-hydrogen) atoms. The molecule has 2 aliphatic rings. The van der Waals surface area contributed by atoms with Gasteiger partial charge in [-0.05, 0) is 62.6 Å². The van der Waals surface area contributed by atoms with E-state index in [1.807, 2.05) is 63.0 Å². The topological polar surface area (TPSA) is 74.2 Å². The first-order valence-electron chi connectivity index (χ1n) is 12.2. The summed E-state index contributed by atoms with van der Waals surface area (Å²) in [6, 6.07) is 22.4. The van der Waals surface area contributed by atoms with E-state index in [2.05, 4.69) is 54.8 Å². The van der Waals surface area contributed by atoms with E-state index >= 15 is 0 Å². The summed E-state index contributed by atoms with van der Waals surface area (Å²) in [5, 5.41) is 14.4. The number of aliphatic carboxylic acids is 1. The molecule has 0 saturated heterocycles. The number of ether oxygens (including phenoxy) is 1. The number of aliphatic imine (C=N–C) groups is 1. The third-order valence-electron chi connectivity index (χ3n) is 6.48. The Bertz CT molecular complexity index is 1430. The Balaban J connectivity index is 1.76. The van der Waals surface area contributed by atoms with Gasteiger partial charge >= 0.3 is 5.97 Å². The number of rotatable bonds is 5. The highest BCUT2D eigenvalue weighted by Gasteiger charge is 2.40. The molecule has 0 radical (unpaired) electrons. The molecule has 2 N–H and O–H groups in total. The van der Waals surface area contributed by atoms with Gasteiger partial charge in [-0.3, -0.25) is 5.01 Å².